The molecule has 1 aromatic rings. The number of unbranched alkanes of at least 4 members (excludes halogenated alkanes) is 2. The maximum absolute atomic E-state index is 12.3. The zero-order valence-electron chi connectivity index (χ0n) is 14.8. The van der Waals surface area contributed by atoms with Gasteiger partial charge < -0.3 is 9.47 Å². The van der Waals surface area contributed by atoms with Gasteiger partial charge in [-0.25, -0.2) is 0 Å². The molecule has 0 fully saturated rings. The van der Waals surface area contributed by atoms with E-state index in [0.717, 1.165) is 36.1 Å². The molecule has 1 atom stereocenters. The van der Waals surface area contributed by atoms with Crippen molar-refractivity contribution < 1.29 is 0 Å². The molecular formula is C17H29N4OS. The van der Waals surface area contributed by atoms with Crippen molar-refractivity contribution in [1.82, 2.24) is 14.9 Å². The number of hydrogen-bond acceptors (Lipinski definition) is 4. The summed E-state index contributed by atoms with van der Waals surface area (Å²) in [6.07, 6.45) is 5.84. The Kier molecular flexibility index (Phi) is 6.81. The van der Waals surface area contributed by atoms with E-state index in [1.807, 2.05) is 0 Å². The second-order valence-electron chi connectivity index (χ2n) is 6.08. The molecule has 6 heteroatoms. The van der Waals surface area contributed by atoms with Gasteiger partial charge in [0.05, 0.1) is 0 Å². The minimum Gasteiger partial charge on any atom is -0.336 e. The van der Waals surface area contributed by atoms with E-state index in [0.29, 0.717) is 18.4 Å². The first-order valence-electron chi connectivity index (χ1n) is 8.85. The van der Waals surface area contributed by atoms with E-state index in [-0.39, 0.29) is 5.56 Å². The van der Waals surface area contributed by atoms with Gasteiger partial charge in [-0.1, -0.05) is 51.8 Å². The topological polar surface area (TPSA) is 52.2 Å². The quantitative estimate of drug-likeness (QED) is 0.389. The molecule has 0 aliphatic carbocycles. The molecule has 2 heterocycles. The molecule has 0 amide bonds. The van der Waals surface area contributed by atoms with Crippen LogP contribution in [0.4, 0.5) is 11.5 Å². The summed E-state index contributed by atoms with van der Waals surface area (Å²) < 4.78 is 2.27. The molecule has 23 heavy (non-hydrogen) atoms. The van der Waals surface area contributed by atoms with Gasteiger partial charge in [-0.3, -0.25) is 10.1 Å². The molecule has 0 saturated heterocycles. The minimum atomic E-state index is -0.174. The minimum absolute atomic E-state index is 0.174. The van der Waals surface area contributed by atoms with Crippen molar-refractivity contribution in [3.63, 3.8) is 0 Å². The Morgan fingerprint density at radius 1 is 1.22 bits per heavy atom. The van der Waals surface area contributed by atoms with Gasteiger partial charge in [0.25, 0.3) is 0 Å². The van der Waals surface area contributed by atoms with Crippen LogP contribution in [0.1, 0.15) is 65.8 Å². The second kappa shape index (κ2) is 8.62. The Morgan fingerprint density at radius 2 is 2.00 bits per heavy atom. The number of anilines is 1. The Labute approximate surface area is 143 Å². The summed E-state index contributed by atoms with van der Waals surface area (Å²) in [6.45, 7) is 10.2. The Bertz CT molecular complexity index is 572. The first-order valence-corrected chi connectivity index (χ1v) is 9.84. The third kappa shape index (κ3) is 4.03. The van der Waals surface area contributed by atoms with Crippen LogP contribution in [0, 0.1) is 0 Å². The van der Waals surface area contributed by atoms with Crippen LogP contribution in [-0.4, -0.2) is 28.5 Å². The van der Waals surface area contributed by atoms with Crippen molar-refractivity contribution in [1.29, 1.82) is 0 Å². The predicted molar refractivity (Wildman–Crippen MR) is 98.0 cm³/mol. The number of aromatic nitrogens is 2. The van der Waals surface area contributed by atoms with Gasteiger partial charge >= 0.3 is 5.56 Å². The lowest BCUT2D eigenvalue weighted by Crippen LogP contribution is -2.28. The van der Waals surface area contributed by atoms with Crippen LogP contribution in [-0.2, 0) is 0 Å². The van der Waals surface area contributed by atoms with Crippen LogP contribution >= 0.6 is 11.8 Å². The van der Waals surface area contributed by atoms with Crippen molar-refractivity contribution >= 4 is 23.3 Å². The van der Waals surface area contributed by atoms with Gasteiger partial charge in [0.15, 0.2) is 10.8 Å². The molecule has 1 unspecified atom stereocenters. The predicted octanol–water partition coefficient (Wildman–Crippen LogP) is 3.92. The van der Waals surface area contributed by atoms with E-state index in [9.17, 15) is 4.79 Å². The Hall–Kier alpha value is -1.17. The van der Waals surface area contributed by atoms with Crippen LogP contribution in [0.15, 0.2) is 9.95 Å². The van der Waals surface area contributed by atoms with Gasteiger partial charge in [-0.2, -0.15) is 4.98 Å². The summed E-state index contributed by atoms with van der Waals surface area (Å²) >= 11 is 1.65. The first kappa shape index (κ1) is 18.2. The Balaban J connectivity index is 2.43. The summed E-state index contributed by atoms with van der Waals surface area (Å²) in [5.74, 6) is 1.91. The molecule has 129 valence electrons. The van der Waals surface area contributed by atoms with Crippen molar-refractivity contribution in [3.05, 3.63) is 10.4 Å². The summed E-state index contributed by atoms with van der Waals surface area (Å²) in [7, 11) is 0. The highest BCUT2D eigenvalue weighted by Gasteiger charge is 2.30. The highest BCUT2D eigenvalue weighted by molar-refractivity contribution is 7.99. The van der Waals surface area contributed by atoms with Gasteiger partial charge in [0.1, 0.15) is 12.5 Å². The molecule has 2 rings (SSSR count). The molecule has 1 radical (unpaired) electrons. The molecule has 0 spiro atoms. The van der Waals surface area contributed by atoms with E-state index in [1.165, 1.54) is 19.3 Å². The van der Waals surface area contributed by atoms with Crippen LogP contribution in [0.2, 0.25) is 0 Å². The van der Waals surface area contributed by atoms with Crippen LogP contribution in [0.25, 0.3) is 0 Å². The number of hydrogen-bond donors (Lipinski definition) is 0. The van der Waals surface area contributed by atoms with E-state index >= 15 is 0 Å². The van der Waals surface area contributed by atoms with E-state index in [4.69, 9.17) is 0 Å². The molecule has 1 aromatic heterocycles. The van der Waals surface area contributed by atoms with E-state index < -0.39 is 0 Å². The van der Waals surface area contributed by atoms with Gasteiger partial charge in [-0.05, 0) is 25.5 Å². The fourth-order valence-corrected chi connectivity index (χ4v) is 3.86. The molecule has 0 N–H and O–H groups in total. The zero-order chi connectivity index (χ0) is 16.8. The Morgan fingerprint density at radius 3 is 2.65 bits per heavy atom. The molecule has 5 nitrogen and oxygen atoms in total. The van der Waals surface area contributed by atoms with Crippen molar-refractivity contribution in [2.75, 3.05) is 23.9 Å². The van der Waals surface area contributed by atoms with Crippen LogP contribution in [0.5, 0.6) is 0 Å². The highest BCUT2D eigenvalue weighted by Crippen LogP contribution is 2.35. The third-order valence-corrected chi connectivity index (χ3v) is 5.01. The summed E-state index contributed by atoms with van der Waals surface area (Å²) in [5, 5.41) is 5.31. The van der Waals surface area contributed by atoms with Gasteiger partial charge in [0.2, 0.25) is 0 Å². The van der Waals surface area contributed by atoms with Crippen LogP contribution in [0.3, 0.4) is 0 Å². The largest absolute Gasteiger partial charge is 0.336 e. The SMILES string of the molecule is CCCCCC(C)n1c(SCC)nc(=O)c2c1N(CCC)C[N]2. The molecular weight excluding hydrogens is 308 g/mol. The van der Waals surface area contributed by atoms with E-state index in [1.54, 1.807) is 11.8 Å². The maximum atomic E-state index is 12.3. The number of fused-ring (bicyclic) bond motifs is 1. The highest BCUT2D eigenvalue weighted by atomic mass is 32.2. The maximum Gasteiger partial charge on any atom is 0.301 e. The summed E-state index contributed by atoms with van der Waals surface area (Å²) in [4.78, 5) is 18.9. The lowest BCUT2D eigenvalue weighted by Gasteiger charge is -2.27. The molecule has 1 aliphatic heterocycles. The van der Waals surface area contributed by atoms with Crippen molar-refractivity contribution in [3.8, 4) is 0 Å². The lowest BCUT2D eigenvalue weighted by atomic mass is 10.1. The monoisotopic (exact) mass is 337 g/mol. The van der Waals surface area contributed by atoms with Crippen molar-refractivity contribution in [2.24, 2.45) is 0 Å². The van der Waals surface area contributed by atoms with E-state index in [2.05, 4.69) is 47.5 Å². The molecule has 0 aromatic carbocycles. The smallest absolute Gasteiger partial charge is 0.301 e. The number of nitrogens with zero attached hydrogens (tertiary/aromatic N) is 4. The second-order valence-corrected chi connectivity index (χ2v) is 7.31. The molecule has 1 aliphatic rings. The third-order valence-electron chi connectivity index (χ3n) is 4.18. The summed E-state index contributed by atoms with van der Waals surface area (Å²) in [5.41, 5.74) is 0.382. The molecule has 0 bridgehead atoms. The van der Waals surface area contributed by atoms with Crippen LogP contribution < -0.4 is 15.8 Å². The van der Waals surface area contributed by atoms with Gasteiger partial charge in [0, 0.05) is 12.6 Å². The number of thioether (sulfide) groups is 1. The summed E-state index contributed by atoms with van der Waals surface area (Å²) in [6, 6.07) is 0.338. The standard InChI is InChI=1S/C17H29N4OS/c1-5-8-9-10-13(4)21-16-14(18-12-20(16)11-6-2)15(22)19-17(21)23-7-3/h13H,5-12H2,1-4H3. The normalized spacial score (nSPS) is 14.7. The average molecular weight is 338 g/mol. The fourth-order valence-electron chi connectivity index (χ4n) is 3.05. The van der Waals surface area contributed by atoms with Crippen molar-refractivity contribution in [2.45, 2.75) is 71.0 Å². The fraction of sp³-hybridized carbons (Fsp3) is 0.765. The lowest BCUT2D eigenvalue weighted by molar-refractivity contribution is 0.439. The zero-order valence-corrected chi connectivity index (χ0v) is 15.7. The number of rotatable bonds is 9. The average Bonchev–Trinajstić information content (AvgIpc) is 2.93. The van der Waals surface area contributed by atoms with Gasteiger partial charge in [-0.15, -0.1) is 0 Å². The molecule has 0 saturated carbocycles. The first-order chi connectivity index (χ1) is 11.1.